The van der Waals surface area contributed by atoms with E-state index in [0.29, 0.717) is 24.3 Å². The molecular weight excluding hydrogens is 458 g/mol. The van der Waals surface area contributed by atoms with Gasteiger partial charge in [-0.1, -0.05) is 25.0 Å². The SMILES string of the molecule is COc1ccccc1-n1c(=O)n(C2CCCC2)c(=O)c2c1ncn2CC(=O)c1ccc(F)c(F)c1. The molecule has 0 bridgehead atoms. The van der Waals surface area contributed by atoms with Crippen LogP contribution in [-0.4, -0.2) is 31.6 Å². The van der Waals surface area contributed by atoms with Crippen LogP contribution in [0.4, 0.5) is 8.78 Å². The Hall–Kier alpha value is -4.08. The van der Waals surface area contributed by atoms with Crippen LogP contribution in [0.25, 0.3) is 16.9 Å². The zero-order valence-corrected chi connectivity index (χ0v) is 18.9. The Kier molecular flexibility index (Phi) is 5.80. The van der Waals surface area contributed by atoms with E-state index >= 15 is 0 Å². The fraction of sp³-hybridized carbons (Fsp3) is 0.280. The van der Waals surface area contributed by atoms with E-state index in [1.54, 1.807) is 24.3 Å². The predicted molar refractivity (Wildman–Crippen MR) is 124 cm³/mol. The lowest BCUT2D eigenvalue weighted by molar-refractivity contribution is 0.0972. The summed E-state index contributed by atoms with van der Waals surface area (Å²) in [6, 6.07) is 9.49. The van der Waals surface area contributed by atoms with Crippen molar-refractivity contribution in [1.82, 2.24) is 18.7 Å². The number of hydrogen-bond acceptors (Lipinski definition) is 5. The number of imidazole rings is 1. The number of methoxy groups -OCH3 is 1. The maximum atomic E-state index is 13.7. The number of para-hydroxylation sites is 2. The molecule has 1 aliphatic rings. The maximum absolute atomic E-state index is 13.7. The molecule has 1 saturated carbocycles. The second kappa shape index (κ2) is 8.94. The van der Waals surface area contributed by atoms with E-state index in [-0.39, 0.29) is 29.3 Å². The molecule has 0 N–H and O–H groups in total. The minimum Gasteiger partial charge on any atom is -0.495 e. The highest BCUT2D eigenvalue weighted by molar-refractivity contribution is 5.96. The van der Waals surface area contributed by atoms with Crippen LogP contribution in [0.15, 0.2) is 58.4 Å². The monoisotopic (exact) mass is 480 g/mol. The van der Waals surface area contributed by atoms with E-state index in [1.165, 1.54) is 33.2 Å². The van der Waals surface area contributed by atoms with Gasteiger partial charge in [0.15, 0.2) is 28.6 Å². The fourth-order valence-electron chi connectivity index (χ4n) is 4.70. The zero-order chi connectivity index (χ0) is 24.7. The number of hydrogen-bond donors (Lipinski definition) is 0. The molecule has 0 aliphatic heterocycles. The molecule has 2 aromatic carbocycles. The molecule has 0 radical (unpaired) electrons. The van der Waals surface area contributed by atoms with Gasteiger partial charge in [0, 0.05) is 11.6 Å². The lowest BCUT2D eigenvalue weighted by Gasteiger charge is -2.18. The number of aromatic nitrogens is 4. The topological polar surface area (TPSA) is 88.1 Å². The van der Waals surface area contributed by atoms with Gasteiger partial charge in [-0.25, -0.2) is 23.1 Å². The number of carbonyl (C=O) groups is 1. The van der Waals surface area contributed by atoms with Crippen LogP contribution in [0.2, 0.25) is 0 Å². The number of fused-ring (bicyclic) bond motifs is 1. The molecule has 0 spiro atoms. The lowest BCUT2D eigenvalue weighted by atomic mass is 10.1. The van der Waals surface area contributed by atoms with Crippen LogP contribution in [0, 0.1) is 11.6 Å². The first kappa shape index (κ1) is 22.7. The van der Waals surface area contributed by atoms with E-state index in [1.807, 2.05) is 0 Å². The summed E-state index contributed by atoms with van der Waals surface area (Å²) in [5.41, 5.74) is -0.557. The number of rotatable bonds is 6. The summed E-state index contributed by atoms with van der Waals surface area (Å²) in [7, 11) is 1.48. The molecule has 5 rings (SSSR count). The minimum absolute atomic E-state index is 0.0417. The number of carbonyl (C=O) groups excluding carboxylic acids is 1. The highest BCUT2D eigenvalue weighted by Gasteiger charge is 2.27. The summed E-state index contributed by atoms with van der Waals surface area (Å²) >= 11 is 0. The van der Waals surface area contributed by atoms with Crippen molar-refractivity contribution in [3.63, 3.8) is 0 Å². The van der Waals surface area contributed by atoms with Gasteiger partial charge in [-0.2, -0.15) is 0 Å². The predicted octanol–water partition coefficient (Wildman–Crippen LogP) is 3.63. The summed E-state index contributed by atoms with van der Waals surface area (Å²) in [5.74, 6) is -2.32. The summed E-state index contributed by atoms with van der Waals surface area (Å²) in [4.78, 5) is 44.4. The highest BCUT2D eigenvalue weighted by atomic mass is 19.2. The molecule has 0 amide bonds. The molecule has 0 unspecified atom stereocenters. The number of nitrogens with zero attached hydrogens (tertiary/aromatic N) is 4. The smallest absolute Gasteiger partial charge is 0.337 e. The third-order valence-electron chi connectivity index (χ3n) is 6.42. The van der Waals surface area contributed by atoms with Crippen LogP contribution in [-0.2, 0) is 6.54 Å². The number of ether oxygens (including phenoxy) is 1. The van der Waals surface area contributed by atoms with Crippen molar-refractivity contribution in [3.05, 3.63) is 86.8 Å². The van der Waals surface area contributed by atoms with Gasteiger partial charge in [0.1, 0.15) is 5.75 Å². The summed E-state index contributed by atoms with van der Waals surface area (Å²) < 4.78 is 36.3. The first-order chi connectivity index (χ1) is 16.9. The Bertz CT molecular complexity index is 1560. The maximum Gasteiger partial charge on any atom is 0.337 e. The van der Waals surface area contributed by atoms with E-state index in [4.69, 9.17) is 4.74 Å². The molecule has 0 atom stereocenters. The van der Waals surface area contributed by atoms with E-state index in [0.717, 1.165) is 25.0 Å². The van der Waals surface area contributed by atoms with E-state index < -0.39 is 28.7 Å². The van der Waals surface area contributed by atoms with Crippen molar-refractivity contribution >= 4 is 16.9 Å². The number of halogens is 2. The van der Waals surface area contributed by atoms with Crippen LogP contribution in [0.3, 0.4) is 0 Å². The number of Topliss-reactive ketones (excluding diaryl/α,β-unsaturated/α-hetero) is 1. The van der Waals surface area contributed by atoms with Crippen molar-refractivity contribution in [2.75, 3.05) is 7.11 Å². The average Bonchev–Trinajstić information content (AvgIpc) is 3.52. The number of benzene rings is 2. The Labute approximate surface area is 198 Å². The van der Waals surface area contributed by atoms with Gasteiger partial charge in [-0.05, 0) is 43.2 Å². The van der Waals surface area contributed by atoms with Crippen LogP contribution in [0.1, 0.15) is 42.1 Å². The summed E-state index contributed by atoms with van der Waals surface area (Å²) in [6.45, 7) is -0.342. The highest BCUT2D eigenvalue weighted by Crippen LogP contribution is 2.29. The normalized spacial score (nSPS) is 14.0. The van der Waals surface area contributed by atoms with Crippen molar-refractivity contribution in [2.45, 2.75) is 38.3 Å². The van der Waals surface area contributed by atoms with Crippen molar-refractivity contribution in [1.29, 1.82) is 0 Å². The molecule has 1 aliphatic carbocycles. The molecule has 4 aromatic rings. The molecule has 35 heavy (non-hydrogen) atoms. The van der Waals surface area contributed by atoms with E-state index in [2.05, 4.69) is 4.98 Å². The molecule has 10 heteroatoms. The first-order valence-electron chi connectivity index (χ1n) is 11.2. The van der Waals surface area contributed by atoms with Crippen LogP contribution < -0.4 is 16.0 Å². The molecular formula is C25H22F2N4O4. The minimum atomic E-state index is -1.14. The third kappa shape index (κ3) is 3.84. The van der Waals surface area contributed by atoms with Gasteiger partial charge in [0.2, 0.25) is 0 Å². The van der Waals surface area contributed by atoms with Crippen molar-refractivity contribution in [3.8, 4) is 11.4 Å². The summed E-state index contributed by atoms with van der Waals surface area (Å²) in [6.07, 6.45) is 4.48. The molecule has 2 aromatic heterocycles. The Morgan fingerprint density at radius 3 is 2.54 bits per heavy atom. The van der Waals surface area contributed by atoms with Crippen molar-refractivity contribution < 1.29 is 18.3 Å². The van der Waals surface area contributed by atoms with Gasteiger partial charge in [0.25, 0.3) is 5.56 Å². The van der Waals surface area contributed by atoms with Crippen LogP contribution >= 0.6 is 0 Å². The van der Waals surface area contributed by atoms with Gasteiger partial charge in [0.05, 0.1) is 25.7 Å². The lowest BCUT2D eigenvalue weighted by Crippen LogP contribution is -2.42. The molecule has 180 valence electrons. The van der Waals surface area contributed by atoms with Gasteiger partial charge < -0.3 is 9.30 Å². The Balaban J connectivity index is 1.72. The second-order valence-corrected chi connectivity index (χ2v) is 8.50. The third-order valence-corrected chi connectivity index (χ3v) is 6.42. The Morgan fingerprint density at radius 1 is 1.09 bits per heavy atom. The van der Waals surface area contributed by atoms with Crippen molar-refractivity contribution in [2.24, 2.45) is 0 Å². The van der Waals surface area contributed by atoms with Gasteiger partial charge >= 0.3 is 5.69 Å². The second-order valence-electron chi connectivity index (χ2n) is 8.50. The Morgan fingerprint density at radius 2 is 1.83 bits per heavy atom. The average molecular weight is 480 g/mol. The zero-order valence-electron chi connectivity index (χ0n) is 18.9. The number of ketones is 1. The molecule has 1 fully saturated rings. The summed E-state index contributed by atoms with van der Waals surface area (Å²) in [5, 5.41) is 0. The van der Waals surface area contributed by atoms with Gasteiger partial charge in [-0.3, -0.25) is 14.2 Å². The van der Waals surface area contributed by atoms with E-state index in [9.17, 15) is 23.2 Å². The standard InChI is InChI=1S/C25H22F2N4O4/c1-35-21-9-5-4-8-19(21)31-23-22(24(33)30(25(31)34)16-6-2-3-7-16)29(14-28-23)13-20(32)15-10-11-17(26)18(27)12-15/h4-5,8-12,14,16H,2-3,6-7,13H2,1H3. The molecule has 0 saturated heterocycles. The van der Waals surface area contributed by atoms with Gasteiger partial charge in [-0.15, -0.1) is 0 Å². The largest absolute Gasteiger partial charge is 0.495 e. The first-order valence-corrected chi connectivity index (χ1v) is 11.2. The quantitative estimate of drug-likeness (QED) is 0.393. The molecule has 8 nitrogen and oxygen atoms in total. The van der Waals surface area contributed by atoms with Crippen LogP contribution in [0.5, 0.6) is 5.75 Å². The molecule has 2 heterocycles. The fourth-order valence-corrected chi connectivity index (χ4v) is 4.70.